The fourth-order valence-electron chi connectivity index (χ4n) is 1.76. The molecule has 0 saturated carbocycles. The number of benzene rings is 1. The Morgan fingerprint density at radius 1 is 1.30 bits per heavy atom. The number of carbonyl (C=O) groups is 1. The highest BCUT2D eigenvalue weighted by Gasteiger charge is 2.15. The highest BCUT2D eigenvalue weighted by atomic mass is 32.2. The molecule has 0 aliphatic rings. The summed E-state index contributed by atoms with van der Waals surface area (Å²) in [6.07, 6.45) is 0.604. The minimum Gasteiger partial charge on any atom is -0.482 e. The molecule has 0 atom stereocenters. The SMILES string of the molecule is CCOCCCNS(=O)(=O)c1ccc(OCC(=O)OC)c(C)c1. The standard InChI is InChI=1S/C15H23NO6S/c1-4-21-9-5-8-16-23(18,19)13-6-7-14(12(2)10-13)22-11-15(17)20-3/h6-7,10,16H,4-5,8-9,11H2,1-3H3. The lowest BCUT2D eigenvalue weighted by Gasteiger charge is -2.11. The molecule has 7 nitrogen and oxygen atoms in total. The molecule has 0 aliphatic heterocycles. The van der Waals surface area contributed by atoms with Crippen LogP contribution in [0.25, 0.3) is 0 Å². The second kappa shape index (κ2) is 9.49. The molecule has 0 aliphatic carbocycles. The molecule has 0 spiro atoms. The average Bonchev–Trinajstić information content (AvgIpc) is 2.53. The van der Waals surface area contributed by atoms with Crippen LogP contribution < -0.4 is 9.46 Å². The van der Waals surface area contributed by atoms with Crippen LogP contribution in [0, 0.1) is 6.92 Å². The number of methoxy groups -OCH3 is 1. The third kappa shape index (κ3) is 6.55. The van der Waals surface area contributed by atoms with Crippen LogP contribution in [-0.2, 0) is 24.3 Å². The van der Waals surface area contributed by atoms with E-state index < -0.39 is 16.0 Å². The van der Waals surface area contributed by atoms with E-state index in [9.17, 15) is 13.2 Å². The maximum absolute atomic E-state index is 12.2. The minimum atomic E-state index is -3.58. The second-order valence-corrected chi connectivity index (χ2v) is 6.51. The lowest BCUT2D eigenvalue weighted by Crippen LogP contribution is -2.25. The largest absolute Gasteiger partial charge is 0.482 e. The predicted molar refractivity (Wildman–Crippen MR) is 85.0 cm³/mol. The molecular formula is C15H23NO6S. The van der Waals surface area contributed by atoms with Crippen molar-refractivity contribution in [2.45, 2.75) is 25.2 Å². The quantitative estimate of drug-likeness (QED) is 0.507. The molecule has 0 heterocycles. The Balaban J connectivity index is 2.66. The van der Waals surface area contributed by atoms with E-state index in [1.54, 1.807) is 6.92 Å². The van der Waals surface area contributed by atoms with E-state index in [1.165, 1.54) is 25.3 Å². The smallest absolute Gasteiger partial charge is 0.343 e. The molecule has 1 aromatic rings. The van der Waals surface area contributed by atoms with Crippen molar-refractivity contribution in [3.8, 4) is 5.75 Å². The lowest BCUT2D eigenvalue weighted by molar-refractivity contribution is -0.142. The molecule has 23 heavy (non-hydrogen) atoms. The van der Waals surface area contributed by atoms with Crippen molar-refractivity contribution in [1.82, 2.24) is 4.72 Å². The van der Waals surface area contributed by atoms with Crippen LogP contribution in [0.3, 0.4) is 0 Å². The van der Waals surface area contributed by atoms with Gasteiger partial charge in [-0.2, -0.15) is 0 Å². The van der Waals surface area contributed by atoms with Gasteiger partial charge < -0.3 is 14.2 Å². The normalized spacial score (nSPS) is 11.3. The summed E-state index contributed by atoms with van der Waals surface area (Å²) in [7, 11) is -2.31. The van der Waals surface area contributed by atoms with Crippen LogP contribution in [0.5, 0.6) is 5.75 Å². The number of hydrogen-bond acceptors (Lipinski definition) is 6. The topological polar surface area (TPSA) is 90.9 Å². The van der Waals surface area contributed by atoms with E-state index in [0.717, 1.165) is 0 Å². The lowest BCUT2D eigenvalue weighted by atomic mass is 10.2. The molecular weight excluding hydrogens is 322 g/mol. The highest BCUT2D eigenvalue weighted by Crippen LogP contribution is 2.21. The van der Waals surface area contributed by atoms with Gasteiger partial charge in [-0.05, 0) is 44.0 Å². The van der Waals surface area contributed by atoms with Crippen LogP contribution in [0.1, 0.15) is 18.9 Å². The predicted octanol–water partition coefficient (Wildman–Crippen LogP) is 1.25. The summed E-state index contributed by atoms with van der Waals surface area (Å²) >= 11 is 0. The van der Waals surface area contributed by atoms with Gasteiger partial charge in [0.25, 0.3) is 0 Å². The number of carbonyl (C=O) groups excluding carboxylic acids is 1. The van der Waals surface area contributed by atoms with Crippen LogP contribution in [0.4, 0.5) is 0 Å². The van der Waals surface area contributed by atoms with E-state index in [-0.39, 0.29) is 11.5 Å². The number of rotatable bonds is 10. The van der Waals surface area contributed by atoms with Crippen LogP contribution in [0.2, 0.25) is 0 Å². The number of hydrogen-bond donors (Lipinski definition) is 1. The van der Waals surface area contributed by atoms with Gasteiger partial charge in [0.15, 0.2) is 6.61 Å². The maximum atomic E-state index is 12.2. The Bertz CT molecular complexity index is 614. The molecule has 0 fully saturated rings. The first-order valence-corrected chi connectivity index (χ1v) is 8.76. The van der Waals surface area contributed by atoms with Crippen molar-refractivity contribution in [1.29, 1.82) is 0 Å². The maximum Gasteiger partial charge on any atom is 0.343 e. The molecule has 0 unspecified atom stereocenters. The Morgan fingerprint density at radius 3 is 2.65 bits per heavy atom. The van der Waals surface area contributed by atoms with E-state index in [2.05, 4.69) is 9.46 Å². The first-order chi connectivity index (χ1) is 10.9. The molecule has 0 amide bonds. The summed E-state index contributed by atoms with van der Waals surface area (Å²) in [4.78, 5) is 11.2. The third-order valence-electron chi connectivity index (χ3n) is 2.99. The summed E-state index contributed by atoms with van der Waals surface area (Å²) in [5.41, 5.74) is 0.617. The van der Waals surface area contributed by atoms with Crippen molar-refractivity contribution < 1.29 is 27.4 Å². The summed E-state index contributed by atoms with van der Waals surface area (Å²) in [5.74, 6) is -0.0669. The Morgan fingerprint density at radius 2 is 2.04 bits per heavy atom. The molecule has 130 valence electrons. The number of sulfonamides is 1. The van der Waals surface area contributed by atoms with Crippen molar-refractivity contribution in [2.24, 2.45) is 0 Å². The van der Waals surface area contributed by atoms with Gasteiger partial charge in [-0.25, -0.2) is 17.9 Å². The molecule has 1 N–H and O–H groups in total. The Labute approximate surface area is 137 Å². The Hall–Kier alpha value is -1.64. The van der Waals surface area contributed by atoms with Crippen LogP contribution >= 0.6 is 0 Å². The zero-order valence-electron chi connectivity index (χ0n) is 13.6. The van der Waals surface area contributed by atoms with Crippen molar-refractivity contribution in [3.05, 3.63) is 23.8 Å². The average molecular weight is 345 g/mol. The van der Waals surface area contributed by atoms with E-state index >= 15 is 0 Å². The first kappa shape index (κ1) is 19.4. The van der Waals surface area contributed by atoms with Gasteiger partial charge in [0.2, 0.25) is 10.0 Å². The van der Waals surface area contributed by atoms with Gasteiger partial charge in [-0.1, -0.05) is 0 Å². The van der Waals surface area contributed by atoms with Gasteiger partial charge in [-0.3, -0.25) is 0 Å². The third-order valence-corrected chi connectivity index (χ3v) is 4.45. The molecule has 0 saturated heterocycles. The Kier molecular flexibility index (Phi) is 8.01. The summed E-state index contributed by atoms with van der Waals surface area (Å²) in [6, 6.07) is 4.45. The molecule has 8 heteroatoms. The van der Waals surface area contributed by atoms with E-state index in [1.807, 2.05) is 6.92 Å². The van der Waals surface area contributed by atoms with Crippen LogP contribution in [-0.4, -0.2) is 47.9 Å². The summed E-state index contributed by atoms with van der Waals surface area (Å²) < 4.78 is 41.8. The van der Waals surface area contributed by atoms with Gasteiger partial charge >= 0.3 is 5.97 Å². The van der Waals surface area contributed by atoms with Crippen LogP contribution in [0.15, 0.2) is 23.1 Å². The fourth-order valence-corrected chi connectivity index (χ4v) is 2.91. The van der Waals surface area contributed by atoms with E-state index in [4.69, 9.17) is 9.47 Å². The monoisotopic (exact) mass is 345 g/mol. The van der Waals surface area contributed by atoms with Gasteiger partial charge in [0, 0.05) is 19.8 Å². The molecule has 0 aromatic heterocycles. The van der Waals surface area contributed by atoms with Crippen molar-refractivity contribution in [2.75, 3.05) is 33.5 Å². The fraction of sp³-hybridized carbons (Fsp3) is 0.533. The minimum absolute atomic E-state index is 0.150. The number of nitrogens with one attached hydrogen (secondary N) is 1. The summed E-state index contributed by atoms with van der Waals surface area (Å²) in [6.45, 7) is 4.80. The summed E-state index contributed by atoms with van der Waals surface area (Å²) in [5, 5.41) is 0. The first-order valence-electron chi connectivity index (χ1n) is 7.28. The van der Waals surface area contributed by atoms with E-state index in [0.29, 0.717) is 37.5 Å². The molecule has 0 radical (unpaired) electrons. The van der Waals surface area contributed by atoms with Gasteiger partial charge in [0.05, 0.1) is 12.0 Å². The highest BCUT2D eigenvalue weighted by molar-refractivity contribution is 7.89. The molecule has 1 aromatic carbocycles. The molecule has 0 bridgehead atoms. The van der Waals surface area contributed by atoms with Crippen molar-refractivity contribution in [3.63, 3.8) is 0 Å². The van der Waals surface area contributed by atoms with Gasteiger partial charge in [0.1, 0.15) is 5.75 Å². The second-order valence-electron chi connectivity index (χ2n) is 4.74. The molecule has 1 rings (SSSR count). The number of esters is 1. The number of aryl methyl sites for hydroxylation is 1. The van der Waals surface area contributed by atoms with Crippen molar-refractivity contribution >= 4 is 16.0 Å². The van der Waals surface area contributed by atoms with Gasteiger partial charge in [-0.15, -0.1) is 0 Å². The number of ether oxygens (including phenoxy) is 3. The zero-order chi connectivity index (χ0) is 17.3. The zero-order valence-corrected chi connectivity index (χ0v) is 14.4.